The molecule has 140 valence electrons. The van der Waals surface area contributed by atoms with Crippen LogP contribution in [0.1, 0.15) is 32.3 Å². The number of ether oxygens (including phenoxy) is 3. The minimum Gasteiger partial charge on any atom is -0.490 e. The van der Waals surface area contributed by atoms with E-state index in [0.717, 1.165) is 24.2 Å². The van der Waals surface area contributed by atoms with Crippen LogP contribution in [0.15, 0.2) is 18.2 Å². The summed E-state index contributed by atoms with van der Waals surface area (Å²) in [6.07, 6.45) is 2.30. The van der Waals surface area contributed by atoms with Gasteiger partial charge in [0.05, 0.1) is 37.3 Å². The van der Waals surface area contributed by atoms with E-state index in [-0.39, 0.29) is 35.9 Å². The molecule has 2 amide bonds. The van der Waals surface area contributed by atoms with Gasteiger partial charge < -0.3 is 14.2 Å². The van der Waals surface area contributed by atoms with Gasteiger partial charge >= 0.3 is 0 Å². The van der Waals surface area contributed by atoms with Crippen molar-refractivity contribution >= 4 is 11.8 Å². The molecule has 1 aromatic rings. The number of hydrogen-bond acceptors (Lipinski definition) is 5. The fourth-order valence-electron chi connectivity index (χ4n) is 4.49. The smallest absolute Gasteiger partial charge is 0.235 e. The second-order valence-corrected chi connectivity index (χ2v) is 7.07. The molecule has 3 saturated heterocycles. The van der Waals surface area contributed by atoms with Crippen molar-refractivity contribution in [3.63, 3.8) is 0 Å². The van der Waals surface area contributed by atoms with Gasteiger partial charge in [0.1, 0.15) is 0 Å². The molecule has 3 heterocycles. The molecule has 3 aliphatic heterocycles. The number of likely N-dealkylation sites (tertiary alicyclic amines) is 1. The number of rotatable bonds is 7. The Morgan fingerprint density at radius 2 is 1.62 bits per heavy atom. The summed E-state index contributed by atoms with van der Waals surface area (Å²) in [5.74, 6) is 0.816. The number of carbonyl (C=O) groups excluding carboxylic acids is 2. The standard InChI is InChI=1S/C20H25NO5/c1-3-24-13-6-5-12(11-16(13)25-4-2)9-10-21-19(22)17-14-7-8-15(26-14)18(17)20(21)23/h5-6,11,14-15,17-18H,3-4,7-10H2,1-2H3/t14-,15-,17-,18+/m0/s1. The summed E-state index contributed by atoms with van der Waals surface area (Å²) in [4.78, 5) is 26.8. The number of carbonyl (C=O) groups is 2. The number of benzene rings is 1. The van der Waals surface area contributed by atoms with Gasteiger partial charge in [-0.05, 0) is 50.8 Å². The van der Waals surface area contributed by atoms with Crippen molar-refractivity contribution in [3.8, 4) is 11.5 Å². The van der Waals surface area contributed by atoms with Crippen molar-refractivity contribution in [1.82, 2.24) is 4.90 Å². The fraction of sp³-hybridized carbons (Fsp3) is 0.600. The molecule has 26 heavy (non-hydrogen) atoms. The van der Waals surface area contributed by atoms with E-state index < -0.39 is 0 Å². The van der Waals surface area contributed by atoms with Crippen LogP contribution in [0.25, 0.3) is 0 Å². The maximum atomic E-state index is 12.7. The molecular formula is C20H25NO5. The summed E-state index contributed by atoms with van der Waals surface area (Å²) in [5, 5.41) is 0. The van der Waals surface area contributed by atoms with E-state index in [2.05, 4.69) is 0 Å². The lowest BCUT2D eigenvalue weighted by molar-refractivity contribution is -0.142. The maximum Gasteiger partial charge on any atom is 0.235 e. The SMILES string of the molecule is CCOc1ccc(CCN2C(=O)[C@@H]3[C@H](C2=O)[C@@H]2CC[C@@H]3O2)cc1OCC. The summed E-state index contributed by atoms with van der Waals surface area (Å²) in [7, 11) is 0. The first kappa shape index (κ1) is 17.3. The summed E-state index contributed by atoms with van der Waals surface area (Å²) >= 11 is 0. The van der Waals surface area contributed by atoms with Gasteiger partial charge in [-0.15, -0.1) is 0 Å². The van der Waals surface area contributed by atoms with Crippen LogP contribution in [0.3, 0.4) is 0 Å². The quantitative estimate of drug-likeness (QED) is 0.698. The Morgan fingerprint density at radius 3 is 2.23 bits per heavy atom. The predicted octanol–water partition coefficient (Wildman–Crippen LogP) is 2.19. The first-order valence-corrected chi connectivity index (χ1v) is 9.53. The van der Waals surface area contributed by atoms with Crippen LogP contribution < -0.4 is 9.47 Å². The number of imide groups is 1. The van der Waals surface area contributed by atoms with E-state index in [0.29, 0.717) is 31.9 Å². The topological polar surface area (TPSA) is 65.1 Å². The highest BCUT2D eigenvalue weighted by Gasteiger charge is 2.62. The highest BCUT2D eigenvalue weighted by Crippen LogP contribution is 2.48. The van der Waals surface area contributed by atoms with Gasteiger partial charge in [0.25, 0.3) is 0 Å². The van der Waals surface area contributed by atoms with E-state index in [4.69, 9.17) is 14.2 Å². The zero-order chi connectivity index (χ0) is 18.3. The molecule has 3 fully saturated rings. The van der Waals surface area contributed by atoms with E-state index in [9.17, 15) is 9.59 Å². The first-order valence-electron chi connectivity index (χ1n) is 9.53. The van der Waals surface area contributed by atoms with Crippen LogP contribution in [0.4, 0.5) is 0 Å². The number of fused-ring (bicyclic) bond motifs is 5. The molecule has 2 bridgehead atoms. The van der Waals surface area contributed by atoms with Crippen LogP contribution in [0, 0.1) is 11.8 Å². The first-order chi connectivity index (χ1) is 12.6. The zero-order valence-electron chi connectivity index (χ0n) is 15.3. The monoisotopic (exact) mass is 359 g/mol. The molecule has 4 rings (SSSR count). The molecule has 6 nitrogen and oxygen atoms in total. The molecule has 0 unspecified atom stereocenters. The van der Waals surface area contributed by atoms with Gasteiger partial charge in [0.2, 0.25) is 11.8 Å². The molecular weight excluding hydrogens is 334 g/mol. The Labute approximate surface area is 153 Å². The summed E-state index contributed by atoms with van der Waals surface area (Å²) in [6.45, 7) is 5.40. The normalized spacial score (nSPS) is 29.4. The second kappa shape index (κ2) is 6.91. The molecule has 3 aliphatic rings. The third-order valence-corrected chi connectivity index (χ3v) is 5.61. The van der Waals surface area contributed by atoms with Crippen LogP contribution in [0.2, 0.25) is 0 Å². The highest BCUT2D eigenvalue weighted by molar-refractivity contribution is 6.06. The highest BCUT2D eigenvalue weighted by atomic mass is 16.5. The van der Waals surface area contributed by atoms with E-state index in [1.165, 1.54) is 4.90 Å². The van der Waals surface area contributed by atoms with Crippen LogP contribution in [0.5, 0.6) is 11.5 Å². The molecule has 6 heteroatoms. The summed E-state index contributed by atoms with van der Waals surface area (Å²) in [5.41, 5.74) is 1.02. The average molecular weight is 359 g/mol. The van der Waals surface area contributed by atoms with Gasteiger partial charge in [-0.25, -0.2) is 0 Å². The van der Waals surface area contributed by atoms with Gasteiger partial charge in [0.15, 0.2) is 11.5 Å². The third-order valence-electron chi connectivity index (χ3n) is 5.61. The molecule has 0 aliphatic carbocycles. The van der Waals surface area contributed by atoms with Crippen molar-refractivity contribution in [2.45, 2.75) is 45.3 Å². The Hall–Kier alpha value is -2.08. The second-order valence-electron chi connectivity index (χ2n) is 7.07. The van der Waals surface area contributed by atoms with E-state index in [1.807, 2.05) is 32.0 Å². The van der Waals surface area contributed by atoms with Gasteiger partial charge in [-0.2, -0.15) is 0 Å². The molecule has 0 saturated carbocycles. The predicted molar refractivity (Wildman–Crippen MR) is 94.1 cm³/mol. The molecule has 0 radical (unpaired) electrons. The van der Waals surface area contributed by atoms with Crippen molar-refractivity contribution in [2.75, 3.05) is 19.8 Å². The van der Waals surface area contributed by atoms with Crippen molar-refractivity contribution in [1.29, 1.82) is 0 Å². The van der Waals surface area contributed by atoms with Gasteiger partial charge in [0, 0.05) is 6.54 Å². The molecule has 0 spiro atoms. The van der Waals surface area contributed by atoms with Crippen molar-refractivity contribution in [3.05, 3.63) is 23.8 Å². The maximum absolute atomic E-state index is 12.7. The Morgan fingerprint density at radius 1 is 1.00 bits per heavy atom. The summed E-state index contributed by atoms with van der Waals surface area (Å²) < 4.78 is 17.0. The van der Waals surface area contributed by atoms with E-state index >= 15 is 0 Å². The average Bonchev–Trinajstić information content (AvgIpc) is 3.30. The largest absolute Gasteiger partial charge is 0.490 e. The van der Waals surface area contributed by atoms with Crippen molar-refractivity contribution < 1.29 is 23.8 Å². The number of hydrogen-bond donors (Lipinski definition) is 0. The van der Waals surface area contributed by atoms with Crippen LogP contribution in [-0.2, 0) is 20.7 Å². The lowest BCUT2D eigenvalue weighted by atomic mass is 9.81. The number of nitrogens with zero attached hydrogens (tertiary/aromatic N) is 1. The van der Waals surface area contributed by atoms with E-state index in [1.54, 1.807) is 0 Å². The lowest BCUT2D eigenvalue weighted by Crippen LogP contribution is -2.35. The Bertz CT molecular complexity index is 690. The third kappa shape index (κ3) is 2.76. The zero-order valence-corrected chi connectivity index (χ0v) is 15.3. The molecule has 0 N–H and O–H groups in total. The van der Waals surface area contributed by atoms with Crippen LogP contribution in [-0.4, -0.2) is 48.7 Å². The fourth-order valence-corrected chi connectivity index (χ4v) is 4.49. The van der Waals surface area contributed by atoms with Gasteiger partial charge in [-0.3, -0.25) is 14.5 Å². The lowest BCUT2D eigenvalue weighted by Gasteiger charge is -2.18. The minimum atomic E-state index is -0.249. The molecule has 0 aromatic heterocycles. The summed E-state index contributed by atoms with van der Waals surface area (Å²) in [6, 6.07) is 5.79. The van der Waals surface area contributed by atoms with Crippen LogP contribution >= 0.6 is 0 Å². The Kier molecular flexibility index (Phi) is 4.61. The Balaban J connectivity index is 1.45. The van der Waals surface area contributed by atoms with Crippen molar-refractivity contribution in [2.24, 2.45) is 11.8 Å². The van der Waals surface area contributed by atoms with Gasteiger partial charge in [-0.1, -0.05) is 6.07 Å². The molecule has 1 aromatic carbocycles. The molecule has 4 atom stereocenters. The number of amides is 2. The minimum absolute atomic E-state index is 0.0526.